The van der Waals surface area contributed by atoms with E-state index in [4.69, 9.17) is 4.74 Å². The summed E-state index contributed by atoms with van der Waals surface area (Å²) in [6.45, 7) is 0. The summed E-state index contributed by atoms with van der Waals surface area (Å²) in [6, 6.07) is 17.1. The van der Waals surface area contributed by atoms with Crippen molar-refractivity contribution in [1.82, 2.24) is 0 Å². The first-order chi connectivity index (χ1) is 11.2. The molecule has 0 heterocycles. The minimum atomic E-state index is -0.0413. The number of aliphatic hydroxyl groups excluding tert-OH is 1. The molecular weight excluding hydrogens is 290 g/mol. The van der Waals surface area contributed by atoms with Gasteiger partial charge < -0.3 is 14.7 Å². The number of methoxy groups -OCH3 is 1. The van der Waals surface area contributed by atoms with Crippen molar-refractivity contribution < 1.29 is 14.6 Å². The van der Waals surface area contributed by atoms with Gasteiger partial charge in [0.1, 0.15) is 17.2 Å². The Morgan fingerprint density at radius 3 is 2.43 bits per heavy atom. The Bertz CT molecular complexity index is 737. The van der Waals surface area contributed by atoms with E-state index in [2.05, 4.69) is 0 Å². The lowest BCUT2D eigenvalue weighted by Gasteiger charge is -2.29. The van der Waals surface area contributed by atoms with Crippen molar-refractivity contribution in [2.75, 3.05) is 12.0 Å². The van der Waals surface area contributed by atoms with Gasteiger partial charge in [-0.1, -0.05) is 24.3 Å². The van der Waals surface area contributed by atoms with Crippen LogP contribution in [0.25, 0.3) is 0 Å². The number of nitrogens with zero attached hydrogens (tertiary/aromatic N) is 1. The molecule has 0 saturated heterocycles. The van der Waals surface area contributed by atoms with E-state index < -0.39 is 0 Å². The van der Waals surface area contributed by atoms with Gasteiger partial charge in [0.05, 0.1) is 12.8 Å². The van der Waals surface area contributed by atoms with E-state index in [1.54, 1.807) is 12.0 Å². The van der Waals surface area contributed by atoms with Crippen molar-refractivity contribution in [2.45, 2.75) is 19.3 Å². The van der Waals surface area contributed by atoms with Crippen LogP contribution in [-0.4, -0.2) is 18.0 Å². The lowest BCUT2D eigenvalue weighted by Crippen LogP contribution is -2.27. The van der Waals surface area contributed by atoms with Gasteiger partial charge >= 0.3 is 0 Å². The second-order valence-corrected chi connectivity index (χ2v) is 5.44. The molecule has 1 aliphatic rings. The maximum atomic E-state index is 12.5. The first-order valence-corrected chi connectivity index (χ1v) is 7.65. The Labute approximate surface area is 135 Å². The normalized spacial score (nSPS) is 14.7. The second-order valence-electron chi connectivity index (χ2n) is 5.44. The van der Waals surface area contributed by atoms with E-state index in [0.29, 0.717) is 30.7 Å². The number of hydrogen-bond donors (Lipinski definition) is 1. The van der Waals surface area contributed by atoms with Crippen LogP contribution in [0.2, 0.25) is 0 Å². The average molecular weight is 309 g/mol. The zero-order valence-corrected chi connectivity index (χ0v) is 13.0. The van der Waals surface area contributed by atoms with Gasteiger partial charge in [-0.05, 0) is 30.7 Å². The summed E-state index contributed by atoms with van der Waals surface area (Å²) >= 11 is 0. The minimum absolute atomic E-state index is 0.0413. The highest BCUT2D eigenvalue weighted by Gasteiger charge is 2.28. The molecule has 4 heteroatoms. The van der Waals surface area contributed by atoms with E-state index in [9.17, 15) is 9.90 Å². The number of rotatable bonds is 4. The maximum absolute atomic E-state index is 12.5. The molecule has 0 spiro atoms. The zero-order valence-electron chi connectivity index (χ0n) is 13.0. The third kappa shape index (κ3) is 3.06. The van der Waals surface area contributed by atoms with Gasteiger partial charge in [-0.3, -0.25) is 4.79 Å². The lowest BCUT2D eigenvalue weighted by molar-refractivity contribution is -0.116. The van der Waals surface area contributed by atoms with Gasteiger partial charge in [0.15, 0.2) is 5.78 Å². The van der Waals surface area contributed by atoms with Crippen LogP contribution in [0.5, 0.6) is 5.75 Å². The number of aliphatic hydroxyl groups is 1. The average Bonchev–Trinajstić information content (AvgIpc) is 2.59. The fourth-order valence-electron chi connectivity index (χ4n) is 2.80. The van der Waals surface area contributed by atoms with Gasteiger partial charge in [0, 0.05) is 24.6 Å². The predicted molar refractivity (Wildman–Crippen MR) is 90.1 cm³/mol. The SMILES string of the molecule is COc1cccc(N(C2=C(O)CCCC2=O)c2ccccc2)c1. The summed E-state index contributed by atoms with van der Waals surface area (Å²) in [5, 5.41) is 10.3. The van der Waals surface area contributed by atoms with Crippen LogP contribution in [0.3, 0.4) is 0 Å². The van der Waals surface area contributed by atoms with E-state index in [0.717, 1.165) is 11.4 Å². The van der Waals surface area contributed by atoms with E-state index >= 15 is 0 Å². The molecule has 0 radical (unpaired) electrons. The summed E-state index contributed by atoms with van der Waals surface area (Å²) in [5.74, 6) is 0.806. The topological polar surface area (TPSA) is 49.8 Å². The fourth-order valence-corrected chi connectivity index (χ4v) is 2.80. The van der Waals surface area contributed by atoms with E-state index in [1.807, 2.05) is 54.6 Å². The van der Waals surface area contributed by atoms with Crippen LogP contribution >= 0.6 is 0 Å². The lowest BCUT2D eigenvalue weighted by atomic mass is 9.99. The maximum Gasteiger partial charge on any atom is 0.183 e. The molecule has 0 bridgehead atoms. The summed E-state index contributed by atoms with van der Waals surface area (Å²) in [6.07, 6.45) is 1.66. The number of ketones is 1. The molecule has 2 aromatic carbocycles. The number of anilines is 2. The summed E-state index contributed by atoms with van der Waals surface area (Å²) in [4.78, 5) is 14.3. The van der Waals surface area contributed by atoms with Gasteiger partial charge in [0.2, 0.25) is 0 Å². The Kier molecular flexibility index (Phi) is 4.33. The number of allylic oxidation sites excluding steroid dienone is 2. The number of carbonyl (C=O) groups is 1. The van der Waals surface area contributed by atoms with E-state index in [1.165, 1.54) is 0 Å². The Balaban J connectivity index is 2.16. The minimum Gasteiger partial charge on any atom is -0.510 e. The quantitative estimate of drug-likeness (QED) is 0.912. The monoisotopic (exact) mass is 309 g/mol. The van der Waals surface area contributed by atoms with Gasteiger partial charge in [0.25, 0.3) is 0 Å². The molecule has 0 unspecified atom stereocenters. The molecule has 2 aromatic rings. The first kappa shape index (κ1) is 15.2. The van der Waals surface area contributed by atoms with Crippen LogP contribution in [-0.2, 0) is 4.79 Å². The highest BCUT2D eigenvalue weighted by Crippen LogP contribution is 2.36. The molecule has 3 rings (SSSR count). The van der Waals surface area contributed by atoms with Crippen LogP contribution in [0.1, 0.15) is 19.3 Å². The van der Waals surface area contributed by atoms with Gasteiger partial charge in [-0.25, -0.2) is 0 Å². The number of ether oxygens (including phenoxy) is 1. The van der Waals surface area contributed by atoms with Gasteiger partial charge in [-0.2, -0.15) is 0 Å². The first-order valence-electron chi connectivity index (χ1n) is 7.65. The summed E-state index contributed by atoms with van der Waals surface area (Å²) in [7, 11) is 1.61. The smallest absolute Gasteiger partial charge is 0.183 e. The fraction of sp³-hybridized carbons (Fsp3) is 0.211. The predicted octanol–water partition coefficient (Wildman–Crippen LogP) is 4.36. The molecular formula is C19H19NO3. The molecule has 0 saturated carbocycles. The van der Waals surface area contributed by atoms with Crippen LogP contribution in [0, 0.1) is 0 Å². The zero-order chi connectivity index (χ0) is 16.2. The summed E-state index contributed by atoms with van der Waals surface area (Å²) < 4.78 is 5.29. The third-order valence-corrected chi connectivity index (χ3v) is 3.90. The van der Waals surface area contributed by atoms with Gasteiger partial charge in [-0.15, -0.1) is 0 Å². The number of para-hydroxylation sites is 1. The number of carbonyl (C=O) groups excluding carboxylic acids is 1. The van der Waals surface area contributed by atoms with Crippen molar-refractivity contribution in [2.24, 2.45) is 0 Å². The highest BCUT2D eigenvalue weighted by atomic mass is 16.5. The standard InChI is InChI=1S/C19H19NO3/c1-23-16-10-5-9-15(13-16)20(14-7-3-2-4-8-14)19-17(21)11-6-12-18(19)22/h2-5,7-10,13,21H,6,11-12H2,1H3. The Morgan fingerprint density at radius 2 is 1.74 bits per heavy atom. The molecule has 0 atom stereocenters. The largest absolute Gasteiger partial charge is 0.510 e. The van der Waals surface area contributed by atoms with Crippen molar-refractivity contribution in [3.8, 4) is 5.75 Å². The van der Waals surface area contributed by atoms with Crippen molar-refractivity contribution in [3.63, 3.8) is 0 Å². The number of benzene rings is 2. The number of hydrogen-bond acceptors (Lipinski definition) is 4. The molecule has 118 valence electrons. The summed E-state index contributed by atoms with van der Waals surface area (Å²) in [5.41, 5.74) is 1.97. The van der Waals surface area contributed by atoms with E-state index in [-0.39, 0.29) is 11.5 Å². The van der Waals surface area contributed by atoms with Crippen LogP contribution in [0.4, 0.5) is 11.4 Å². The molecule has 1 aliphatic carbocycles. The van der Waals surface area contributed by atoms with Crippen molar-refractivity contribution in [1.29, 1.82) is 0 Å². The molecule has 4 nitrogen and oxygen atoms in total. The molecule has 23 heavy (non-hydrogen) atoms. The molecule has 0 aliphatic heterocycles. The molecule has 0 amide bonds. The Morgan fingerprint density at radius 1 is 1.00 bits per heavy atom. The Hall–Kier alpha value is -2.75. The van der Waals surface area contributed by atoms with Crippen molar-refractivity contribution >= 4 is 17.2 Å². The molecule has 0 aromatic heterocycles. The highest BCUT2D eigenvalue weighted by molar-refractivity contribution is 6.02. The molecule has 1 N–H and O–H groups in total. The van der Waals surface area contributed by atoms with Crippen LogP contribution < -0.4 is 9.64 Å². The number of Topliss-reactive ketones (excluding diaryl/α,β-unsaturated/α-hetero) is 1. The third-order valence-electron chi connectivity index (χ3n) is 3.90. The van der Waals surface area contributed by atoms with Crippen LogP contribution in [0.15, 0.2) is 66.1 Å². The second kappa shape index (κ2) is 6.57. The van der Waals surface area contributed by atoms with Crippen molar-refractivity contribution in [3.05, 3.63) is 66.1 Å². The molecule has 0 fully saturated rings.